The number of nitrogens with one attached hydrogen (secondary N) is 1. The third-order valence-corrected chi connectivity index (χ3v) is 6.32. The van der Waals surface area contributed by atoms with E-state index in [9.17, 15) is 9.59 Å². The third kappa shape index (κ3) is 5.62. The van der Waals surface area contributed by atoms with Crippen LogP contribution in [0.25, 0.3) is 0 Å². The molecular formula is C26H29N3O5S. The van der Waals surface area contributed by atoms with Gasteiger partial charge in [0.25, 0.3) is 0 Å². The molecule has 1 unspecified atom stereocenters. The summed E-state index contributed by atoms with van der Waals surface area (Å²) in [6.07, 6.45) is 1.69. The summed E-state index contributed by atoms with van der Waals surface area (Å²) >= 11 is 1.43. The predicted molar refractivity (Wildman–Crippen MR) is 134 cm³/mol. The second kappa shape index (κ2) is 10.0. The van der Waals surface area contributed by atoms with Crippen LogP contribution in [0, 0.1) is 0 Å². The number of thioether (sulfide) groups is 1. The highest BCUT2D eigenvalue weighted by atomic mass is 32.2. The van der Waals surface area contributed by atoms with Gasteiger partial charge in [0.1, 0.15) is 17.1 Å². The van der Waals surface area contributed by atoms with E-state index in [-0.39, 0.29) is 12.3 Å². The fraction of sp³-hybridized carbons (Fsp3) is 0.346. The molecule has 2 aromatic rings. The Bertz CT molecular complexity index is 1190. The minimum absolute atomic E-state index is 0.125. The SMILES string of the molecule is COc1ccc(C2C(C(=O)OC(C)(C)C)=C(C)N=C3SC=C(CC(=O)NCc4ccco4)N32)cc1. The highest BCUT2D eigenvalue weighted by Crippen LogP contribution is 2.45. The number of esters is 1. The summed E-state index contributed by atoms with van der Waals surface area (Å²) in [6, 6.07) is 10.6. The van der Waals surface area contributed by atoms with E-state index in [1.807, 2.05) is 62.3 Å². The van der Waals surface area contributed by atoms with Crippen molar-refractivity contribution in [1.82, 2.24) is 10.2 Å². The maximum atomic E-state index is 13.4. The highest BCUT2D eigenvalue weighted by molar-refractivity contribution is 8.16. The molecule has 0 radical (unpaired) electrons. The molecule has 2 aliphatic rings. The molecule has 1 aromatic carbocycles. The molecule has 1 N–H and O–H groups in total. The lowest BCUT2D eigenvalue weighted by molar-refractivity contribution is -0.150. The molecule has 35 heavy (non-hydrogen) atoms. The van der Waals surface area contributed by atoms with Gasteiger partial charge in [0.05, 0.1) is 43.7 Å². The Morgan fingerprint density at radius 3 is 2.57 bits per heavy atom. The molecule has 1 amide bonds. The molecule has 184 valence electrons. The van der Waals surface area contributed by atoms with E-state index in [0.717, 1.165) is 11.3 Å². The number of amides is 1. The van der Waals surface area contributed by atoms with Gasteiger partial charge in [0.15, 0.2) is 5.17 Å². The van der Waals surface area contributed by atoms with Gasteiger partial charge in [-0.3, -0.25) is 4.79 Å². The number of rotatable bonds is 7. The minimum Gasteiger partial charge on any atom is -0.497 e. The molecule has 0 spiro atoms. The largest absolute Gasteiger partial charge is 0.497 e. The smallest absolute Gasteiger partial charge is 0.338 e. The molecule has 1 aromatic heterocycles. The van der Waals surface area contributed by atoms with E-state index in [0.29, 0.717) is 34.5 Å². The van der Waals surface area contributed by atoms with Gasteiger partial charge in [0.2, 0.25) is 5.91 Å². The first kappa shape index (κ1) is 24.7. The van der Waals surface area contributed by atoms with Crippen molar-refractivity contribution < 1.29 is 23.5 Å². The van der Waals surface area contributed by atoms with Crippen LogP contribution in [0.3, 0.4) is 0 Å². The van der Waals surface area contributed by atoms with Crippen LogP contribution in [-0.2, 0) is 20.9 Å². The van der Waals surface area contributed by atoms with Gasteiger partial charge in [-0.15, -0.1) is 0 Å². The van der Waals surface area contributed by atoms with Crippen LogP contribution in [0.1, 0.15) is 51.5 Å². The number of ether oxygens (including phenoxy) is 2. The lowest BCUT2D eigenvalue weighted by atomic mass is 9.93. The first-order valence-electron chi connectivity index (χ1n) is 11.3. The Hall–Kier alpha value is -3.46. The van der Waals surface area contributed by atoms with E-state index < -0.39 is 17.6 Å². The van der Waals surface area contributed by atoms with Crippen LogP contribution in [0.15, 0.2) is 74.4 Å². The Labute approximate surface area is 209 Å². The van der Waals surface area contributed by atoms with Gasteiger partial charge in [-0.05, 0) is 62.9 Å². The number of methoxy groups -OCH3 is 1. The van der Waals surface area contributed by atoms with Gasteiger partial charge in [-0.2, -0.15) is 0 Å². The van der Waals surface area contributed by atoms with Crippen LogP contribution < -0.4 is 10.1 Å². The topological polar surface area (TPSA) is 93.4 Å². The van der Waals surface area contributed by atoms with Crippen molar-refractivity contribution in [3.8, 4) is 5.75 Å². The van der Waals surface area contributed by atoms with Crippen molar-refractivity contribution in [3.05, 3.63) is 76.4 Å². The first-order valence-corrected chi connectivity index (χ1v) is 12.1. The van der Waals surface area contributed by atoms with Crippen LogP contribution >= 0.6 is 11.8 Å². The van der Waals surface area contributed by atoms with Gasteiger partial charge in [0, 0.05) is 5.70 Å². The number of fused-ring (bicyclic) bond motifs is 1. The second-order valence-corrected chi connectivity index (χ2v) is 10.0. The Morgan fingerprint density at radius 2 is 1.94 bits per heavy atom. The predicted octanol–water partition coefficient (Wildman–Crippen LogP) is 4.91. The fourth-order valence-corrected chi connectivity index (χ4v) is 4.86. The van der Waals surface area contributed by atoms with Crippen molar-refractivity contribution in [2.75, 3.05) is 7.11 Å². The van der Waals surface area contributed by atoms with E-state index >= 15 is 0 Å². The summed E-state index contributed by atoms with van der Waals surface area (Å²) in [5.74, 6) is 0.794. The number of hydrogen-bond donors (Lipinski definition) is 1. The lowest BCUT2D eigenvalue weighted by Crippen LogP contribution is -2.39. The molecule has 2 aliphatic heterocycles. The highest BCUT2D eigenvalue weighted by Gasteiger charge is 2.41. The van der Waals surface area contributed by atoms with Gasteiger partial charge in [-0.1, -0.05) is 23.9 Å². The van der Waals surface area contributed by atoms with E-state index in [2.05, 4.69) is 5.32 Å². The van der Waals surface area contributed by atoms with Crippen LogP contribution in [0.5, 0.6) is 5.75 Å². The maximum Gasteiger partial charge on any atom is 0.338 e. The zero-order chi connectivity index (χ0) is 25.2. The molecule has 8 nitrogen and oxygen atoms in total. The second-order valence-electron chi connectivity index (χ2n) is 9.20. The summed E-state index contributed by atoms with van der Waals surface area (Å²) in [5, 5.41) is 5.50. The number of aliphatic imine (C=N–C) groups is 1. The summed E-state index contributed by atoms with van der Waals surface area (Å²) in [7, 11) is 1.61. The molecule has 4 rings (SSSR count). The number of furan rings is 1. The summed E-state index contributed by atoms with van der Waals surface area (Å²) in [5.41, 5.74) is 1.99. The molecule has 1 atom stereocenters. The number of benzene rings is 1. The molecule has 0 aliphatic carbocycles. The number of carbonyl (C=O) groups is 2. The molecule has 9 heteroatoms. The zero-order valence-electron chi connectivity index (χ0n) is 20.5. The molecular weight excluding hydrogens is 466 g/mol. The molecule has 0 saturated heterocycles. The minimum atomic E-state index is -0.664. The number of allylic oxidation sites excluding steroid dienone is 1. The van der Waals surface area contributed by atoms with Crippen LogP contribution in [0.2, 0.25) is 0 Å². The summed E-state index contributed by atoms with van der Waals surface area (Å²) < 4.78 is 16.4. The van der Waals surface area contributed by atoms with E-state index in [4.69, 9.17) is 18.9 Å². The number of carbonyl (C=O) groups excluding carboxylic acids is 2. The number of nitrogens with zero attached hydrogens (tertiary/aromatic N) is 2. The van der Waals surface area contributed by atoms with Crippen molar-refractivity contribution >= 4 is 28.8 Å². The third-order valence-electron chi connectivity index (χ3n) is 5.43. The number of amidine groups is 1. The quantitative estimate of drug-likeness (QED) is 0.546. The fourth-order valence-electron chi connectivity index (χ4n) is 3.89. The first-order chi connectivity index (χ1) is 16.7. The van der Waals surface area contributed by atoms with Crippen LogP contribution in [-0.4, -0.2) is 34.7 Å². The van der Waals surface area contributed by atoms with Gasteiger partial charge >= 0.3 is 5.97 Å². The average Bonchev–Trinajstić information content (AvgIpc) is 3.46. The lowest BCUT2D eigenvalue weighted by Gasteiger charge is -2.37. The van der Waals surface area contributed by atoms with Crippen molar-refractivity contribution in [2.45, 2.75) is 52.3 Å². The average molecular weight is 496 g/mol. The Kier molecular flexibility index (Phi) is 7.07. The monoisotopic (exact) mass is 495 g/mol. The normalized spacial score (nSPS) is 17.5. The van der Waals surface area contributed by atoms with Crippen molar-refractivity contribution in [2.24, 2.45) is 4.99 Å². The van der Waals surface area contributed by atoms with Gasteiger partial charge in [-0.25, -0.2) is 9.79 Å². The maximum absolute atomic E-state index is 13.4. The molecule has 0 bridgehead atoms. The zero-order valence-corrected chi connectivity index (χ0v) is 21.3. The molecule has 0 fully saturated rings. The van der Waals surface area contributed by atoms with E-state index in [1.54, 1.807) is 25.5 Å². The van der Waals surface area contributed by atoms with E-state index in [1.165, 1.54) is 11.8 Å². The Morgan fingerprint density at radius 1 is 1.20 bits per heavy atom. The van der Waals surface area contributed by atoms with Crippen molar-refractivity contribution in [1.29, 1.82) is 0 Å². The molecule has 0 saturated carbocycles. The molecule has 3 heterocycles. The Balaban J connectivity index is 1.65. The standard InChI is InChI=1S/C26H29N3O5S/c1-16-22(24(31)34-26(2,3)4)23(17-8-10-19(32-5)11-9-17)29-18(15-35-25(29)28-16)13-21(30)27-14-20-7-6-12-33-20/h6-12,15,23H,13-14H2,1-5H3,(H,27,30). The van der Waals surface area contributed by atoms with Crippen molar-refractivity contribution in [3.63, 3.8) is 0 Å². The van der Waals surface area contributed by atoms with Crippen LogP contribution in [0.4, 0.5) is 0 Å². The summed E-state index contributed by atoms with van der Waals surface area (Å²) in [6.45, 7) is 7.62. The number of hydrogen-bond acceptors (Lipinski definition) is 8. The summed E-state index contributed by atoms with van der Waals surface area (Å²) in [4.78, 5) is 32.8. The van der Waals surface area contributed by atoms with Gasteiger partial charge < -0.3 is 24.1 Å².